The average Bonchev–Trinajstić information content (AvgIpc) is 2.42. The van der Waals surface area contributed by atoms with Crippen LogP contribution < -0.4 is 0 Å². The Morgan fingerprint density at radius 3 is 2.85 bits per heavy atom. The van der Waals surface area contributed by atoms with Crippen LogP contribution in [0.4, 0.5) is 0 Å². The van der Waals surface area contributed by atoms with Gasteiger partial charge in [-0.3, -0.25) is 0 Å². The molecule has 0 atom stereocenters. The van der Waals surface area contributed by atoms with Crippen molar-refractivity contribution in [3.8, 4) is 0 Å². The van der Waals surface area contributed by atoms with Gasteiger partial charge in [0.1, 0.15) is 11.3 Å². The lowest BCUT2D eigenvalue weighted by Gasteiger charge is -2.02. The molecule has 0 aliphatic carbocycles. The molecule has 2 heterocycles. The van der Waals surface area contributed by atoms with Crippen molar-refractivity contribution in [1.29, 1.82) is 0 Å². The molecule has 0 aliphatic heterocycles. The van der Waals surface area contributed by atoms with Gasteiger partial charge in [0.25, 0.3) is 0 Å². The predicted molar refractivity (Wildman–Crippen MR) is 52.7 cm³/mol. The summed E-state index contributed by atoms with van der Waals surface area (Å²) in [7, 11) is 0. The fourth-order valence-electron chi connectivity index (χ4n) is 1.35. The van der Waals surface area contributed by atoms with E-state index in [-0.39, 0.29) is 0 Å². The maximum absolute atomic E-state index is 4.34. The van der Waals surface area contributed by atoms with E-state index in [1.165, 1.54) is 5.56 Å². The highest BCUT2D eigenvalue weighted by molar-refractivity contribution is 5.71. The quantitative estimate of drug-likeness (QED) is 0.723. The lowest BCUT2D eigenvalue weighted by molar-refractivity contribution is 0.861. The van der Waals surface area contributed by atoms with Gasteiger partial charge < -0.3 is 4.98 Å². The van der Waals surface area contributed by atoms with Gasteiger partial charge in [-0.1, -0.05) is 13.8 Å². The largest absolute Gasteiger partial charge is 0.327 e. The number of nitrogens with one attached hydrogen (secondary N) is 1. The molecule has 0 unspecified atom stereocenters. The van der Waals surface area contributed by atoms with Gasteiger partial charge in [-0.15, -0.1) is 0 Å². The van der Waals surface area contributed by atoms with Crippen molar-refractivity contribution < 1.29 is 0 Å². The third-order valence-corrected chi connectivity index (χ3v) is 2.14. The van der Waals surface area contributed by atoms with Crippen LogP contribution in [0.5, 0.6) is 0 Å². The molecule has 0 amide bonds. The average molecular weight is 175 g/mol. The fraction of sp³-hybridized carbons (Fsp3) is 0.400. The maximum Gasteiger partial charge on any atom is 0.157 e. The zero-order chi connectivity index (χ0) is 9.42. The summed E-state index contributed by atoms with van der Waals surface area (Å²) in [6, 6.07) is 2.09. The van der Waals surface area contributed by atoms with Gasteiger partial charge in [-0.2, -0.15) is 0 Å². The van der Waals surface area contributed by atoms with Crippen LogP contribution in [-0.4, -0.2) is 15.0 Å². The van der Waals surface area contributed by atoms with Crippen molar-refractivity contribution in [2.24, 2.45) is 0 Å². The molecule has 0 fully saturated rings. The summed E-state index contributed by atoms with van der Waals surface area (Å²) < 4.78 is 0. The van der Waals surface area contributed by atoms with Crippen LogP contribution in [0.1, 0.15) is 31.2 Å². The summed E-state index contributed by atoms with van der Waals surface area (Å²) in [6.45, 7) is 6.25. The van der Waals surface area contributed by atoms with Crippen molar-refractivity contribution in [3.05, 3.63) is 23.7 Å². The Hall–Kier alpha value is -1.38. The van der Waals surface area contributed by atoms with Crippen molar-refractivity contribution in [2.45, 2.75) is 26.7 Å². The SMILES string of the molecule is Cc1nc2cc(C(C)C)cnc2[nH]1. The summed E-state index contributed by atoms with van der Waals surface area (Å²) in [6.07, 6.45) is 1.91. The van der Waals surface area contributed by atoms with Gasteiger partial charge in [0.05, 0.1) is 0 Å². The van der Waals surface area contributed by atoms with E-state index in [4.69, 9.17) is 0 Å². The van der Waals surface area contributed by atoms with E-state index < -0.39 is 0 Å². The van der Waals surface area contributed by atoms with Gasteiger partial charge in [-0.25, -0.2) is 9.97 Å². The normalized spacial score (nSPS) is 11.4. The Kier molecular flexibility index (Phi) is 1.79. The second-order valence-electron chi connectivity index (χ2n) is 3.61. The minimum atomic E-state index is 0.508. The molecule has 0 aromatic carbocycles. The van der Waals surface area contributed by atoms with E-state index in [1.54, 1.807) is 0 Å². The van der Waals surface area contributed by atoms with Crippen LogP contribution in [-0.2, 0) is 0 Å². The van der Waals surface area contributed by atoms with Crippen LogP contribution in [0, 0.1) is 6.92 Å². The van der Waals surface area contributed by atoms with Crippen LogP contribution in [0.3, 0.4) is 0 Å². The first-order valence-electron chi connectivity index (χ1n) is 4.49. The van der Waals surface area contributed by atoms with Crippen LogP contribution in [0.2, 0.25) is 0 Å². The van der Waals surface area contributed by atoms with Gasteiger partial charge >= 0.3 is 0 Å². The number of H-pyrrole nitrogens is 1. The third kappa shape index (κ3) is 1.41. The molecular weight excluding hydrogens is 162 g/mol. The molecule has 2 aromatic heterocycles. The minimum absolute atomic E-state index is 0.508. The first kappa shape index (κ1) is 8.23. The first-order chi connectivity index (χ1) is 6.16. The molecule has 1 N–H and O–H groups in total. The summed E-state index contributed by atoms with van der Waals surface area (Å²) in [5.74, 6) is 1.43. The van der Waals surface area contributed by atoms with E-state index in [2.05, 4.69) is 34.9 Å². The van der Waals surface area contributed by atoms with Crippen LogP contribution >= 0.6 is 0 Å². The smallest absolute Gasteiger partial charge is 0.157 e. The van der Waals surface area contributed by atoms with Crippen LogP contribution in [0.15, 0.2) is 12.3 Å². The maximum atomic E-state index is 4.34. The van der Waals surface area contributed by atoms with E-state index in [9.17, 15) is 0 Å². The van der Waals surface area contributed by atoms with E-state index in [0.717, 1.165) is 17.0 Å². The number of rotatable bonds is 1. The molecule has 0 aliphatic rings. The van der Waals surface area contributed by atoms with Crippen molar-refractivity contribution in [3.63, 3.8) is 0 Å². The number of imidazole rings is 1. The minimum Gasteiger partial charge on any atom is -0.327 e. The van der Waals surface area contributed by atoms with E-state index in [1.807, 2.05) is 13.1 Å². The molecule has 0 spiro atoms. The first-order valence-corrected chi connectivity index (χ1v) is 4.49. The summed E-state index contributed by atoms with van der Waals surface area (Å²) >= 11 is 0. The molecule has 68 valence electrons. The Labute approximate surface area is 77.2 Å². The number of aryl methyl sites for hydroxylation is 1. The molecule has 13 heavy (non-hydrogen) atoms. The van der Waals surface area contributed by atoms with Gasteiger partial charge in [0.15, 0.2) is 5.65 Å². The van der Waals surface area contributed by atoms with Crippen LogP contribution in [0.25, 0.3) is 11.2 Å². The third-order valence-electron chi connectivity index (χ3n) is 2.14. The van der Waals surface area contributed by atoms with E-state index >= 15 is 0 Å². The Balaban J connectivity index is 2.61. The fourth-order valence-corrected chi connectivity index (χ4v) is 1.35. The lowest BCUT2D eigenvalue weighted by Crippen LogP contribution is -1.88. The second-order valence-corrected chi connectivity index (χ2v) is 3.61. The highest BCUT2D eigenvalue weighted by atomic mass is 15.0. The molecule has 2 aromatic rings. The number of nitrogens with zero attached hydrogens (tertiary/aromatic N) is 2. The molecule has 0 bridgehead atoms. The molecule has 2 rings (SSSR count). The molecule has 0 saturated heterocycles. The number of aromatic nitrogens is 3. The van der Waals surface area contributed by atoms with Gasteiger partial charge in [-0.05, 0) is 24.5 Å². The highest BCUT2D eigenvalue weighted by Gasteiger charge is 2.04. The Morgan fingerprint density at radius 1 is 1.38 bits per heavy atom. The van der Waals surface area contributed by atoms with Crippen molar-refractivity contribution in [1.82, 2.24) is 15.0 Å². The summed E-state index contributed by atoms with van der Waals surface area (Å²) in [5.41, 5.74) is 3.07. The molecular formula is C10H13N3. The number of hydrogen-bond acceptors (Lipinski definition) is 2. The molecule has 0 radical (unpaired) electrons. The van der Waals surface area contributed by atoms with Crippen molar-refractivity contribution >= 4 is 11.2 Å². The van der Waals surface area contributed by atoms with E-state index in [0.29, 0.717) is 5.92 Å². The zero-order valence-electron chi connectivity index (χ0n) is 8.13. The number of aromatic amines is 1. The Morgan fingerprint density at radius 2 is 2.15 bits per heavy atom. The monoisotopic (exact) mass is 175 g/mol. The molecule has 3 heteroatoms. The number of hydrogen-bond donors (Lipinski definition) is 1. The van der Waals surface area contributed by atoms with Gasteiger partial charge in [0.2, 0.25) is 0 Å². The van der Waals surface area contributed by atoms with Crippen molar-refractivity contribution in [2.75, 3.05) is 0 Å². The number of fused-ring (bicyclic) bond motifs is 1. The highest BCUT2D eigenvalue weighted by Crippen LogP contribution is 2.17. The van der Waals surface area contributed by atoms with Gasteiger partial charge in [0, 0.05) is 6.20 Å². The number of pyridine rings is 1. The molecule has 3 nitrogen and oxygen atoms in total. The predicted octanol–water partition coefficient (Wildman–Crippen LogP) is 2.39. The summed E-state index contributed by atoms with van der Waals surface area (Å²) in [5, 5.41) is 0. The second kappa shape index (κ2) is 2.83. The Bertz CT molecular complexity index is 429. The molecule has 0 saturated carbocycles. The lowest BCUT2D eigenvalue weighted by atomic mass is 10.1. The summed E-state index contributed by atoms with van der Waals surface area (Å²) in [4.78, 5) is 11.7. The zero-order valence-corrected chi connectivity index (χ0v) is 8.13. The topological polar surface area (TPSA) is 41.6 Å². The standard InChI is InChI=1S/C10H13N3/c1-6(2)8-4-9-10(11-5-8)13-7(3)12-9/h4-6H,1-3H3,(H,11,12,13).